The minimum Gasteiger partial charge on any atom is -0.450 e. The van der Waals surface area contributed by atoms with Gasteiger partial charge >= 0.3 is 12.2 Å². The highest BCUT2D eigenvalue weighted by Gasteiger charge is 2.33. The van der Waals surface area contributed by atoms with Crippen molar-refractivity contribution < 1.29 is 23.5 Å². The molecule has 2 aliphatic heterocycles. The van der Waals surface area contributed by atoms with Crippen LogP contribution in [0.4, 0.5) is 25.4 Å². The van der Waals surface area contributed by atoms with Gasteiger partial charge in [-0.05, 0) is 37.3 Å². The topological polar surface area (TPSA) is 86.4 Å². The van der Waals surface area contributed by atoms with Crippen LogP contribution in [0, 0.1) is 5.82 Å². The number of nitrogens with one attached hydrogen (secondary N) is 2. The number of anilines is 2. The maximum Gasteiger partial charge on any atom is 0.414 e. The summed E-state index contributed by atoms with van der Waals surface area (Å²) in [5.74, 6) is -0.428. The van der Waals surface area contributed by atoms with Gasteiger partial charge in [0.05, 0.1) is 31.1 Å². The van der Waals surface area contributed by atoms with Gasteiger partial charge in [-0.15, -0.1) is 0 Å². The number of hydrogen-bond donors (Lipinski definition) is 2. The third-order valence-corrected chi connectivity index (χ3v) is 5.33. The second kappa shape index (κ2) is 9.79. The Labute approximate surface area is 180 Å². The largest absolute Gasteiger partial charge is 0.450 e. The molecule has 2 aliphatic rings. The van der Waals surface area contributed by atoms with Crippen molar-refractivity contribution in [3.8, 4) is 0 Å². The van der Waals surface area contributed by atoms with Crippen LogP contribution in [0.25, 0.3) is 0 Å². The van der Waals surface area contributed by atoms with Crippen molar-refractivity contribution in [3.05, 3.63) is 24.0 Å². The molecule has 0 unspecified atom stereocenters. The molecule has 2 amide bonds. The highest BCUT2D eigenvalue weighted by Crippen LogP contribution is 2.28. The summed E-state index contributed by atoms with van der Waals surface area (Å²) in [6, 6.07) is 4.69. The summed E-state index contributed by atoms with van der Waals surface area (Å²) in [5.41, 5.74) is 0.873. The van der Waals surface area contributed by atoms with Crippen molar-refractivity contribution in [2.45, 2.75) is 13.0 Å². The van der Waals surface area contributed by atoms with Crippen molar-refractivity contribution >= 4 is 40.9 Å². The van der Waals surface area contributed by atoms with E-state index < -0.39 is 11.9 Å². The average Bonchev–Trinajstić information content (AvgIpc) is 3.12. The third kappa shape index (κ3) is 5.02. The van der Waals surface area contributed by atoms with Crippen LogP contribution in [0.1, 0.15) is 6.92 Å². The zero-order valence-electron chi connectivity index (χ0n) is 17.0. The number of cyclic esters (lactones) is 1. The molecule has 2 N–H and O–H groups in total. The zero-order valence-corrected chi connectivity index (χ0v) is 17.8. The Morgan fingerprint density at radius 3 is 2.70 bits per heavy atom. The lowest BCUT2D eigenvalue weighted by Crippen LogP contribution is -2.49. The first-order chi connectivity index (χ1) is 14.4. The number of benzene rings is 1. The van der Waals surface area contributed by atoms with Crippen LogP contribution in [0.15, 0.2) is 18.2 Å². The first kappa shape index (κ1) is 21.9. The summed E-state index contributed by atoms with van der Waals surface area (Å²) >= 11 is 5.01. The summed E-state index contributed by atoms with van der Waals surface area (Å²) in [4.78, 5) is 28.9. The number of amides is 2. The second-order valence-electron chi connectivity index (χ2n) is 6.89. The minimum absolute atomic E-state index is 0.301. The Kier molecular flexibility index (Phi) is 7.14. The maximum absolute atomic E-state index is 14.8. The van der Waals surface area contributed by atoms with Crippen molar-refractivity contribution in [2.24, 2.45) is 0 Å². The number of halogens is 1. The van der Waals surface area contributed by atoms with Gasteiger partial charge in [-0.2, -0.15) is 0 Å². The van der Waals surface area contributed by atoms with Crippen LogP contribution in [0.3, 0.4) is 0 Å². The van der Waals surface area contributed by atoms with E-state index in [-0.39, 0.29) is 12.2 Å². The normalized spacial score (nSPS) is 18.8. The fraction of sp³-hybridized carbons (Fsp3) is 0.526. The van der Waals surface area contributed by atoms with Crippen molar-refractivity contribution in [3.63, 3.8) is 0 Å². The van der Waals surface area contributed by atoms with Gasteiger partial charge in [0.25, 0.3) is 0 Å². The van der Waals surface area contributed by atoms with Crippen LogP contribution in [-0.4, -0.2) is 81.2 Å². The van der Waals surface area contributed by atoms with E-state index in [0.29, 0.717) is 62.4 Å². The summed E-state index contributed by atoms with van der Waals surface area (Å²) < 4.78 is 25.1. The van der Waals surface area contributed by atoms with Crippen LogP contribution >= 0.6 is 12.2 Å². The fourth-order valence-corrected chi connectivity index (χ4v) is 3.48. The van der Waals surface area contributed by atoms with E-state index >= 15 is 0 Å². The molecule has 1 aromatic carbocycles. The molecule has 9 nitrogen and oxygen atoms in total. The third-order valence-electron chi connectivity index (χ3n) is 4.98. The van der Waals surface area contributed by atoms with E-state index in [1.165, 1.54) is 11.0 Å². The Morgan fingerprint density at radius 2 is 2.07 bits per heavy atom. The van der Waals surface area contributed by atoms with Crippen molar-refractivity contribution in [1.82, 2.24) is 15.5 Å². The van der Waals surface area contributed by atoms with Crippen LogP contribution in [0.2, 0.25) is 0 Å². The summed E-state index contributed by atoms with van der Waals surface area (Å²) in [6.07, 6.45) is -1.25. The Morgan fingerprint density at radius 1 is 1.33 bits per heavy atom. The van der Waals surface area contributed by atoms with Crippen LogP contribution in [-0.2, 0) is 9.47 Å². The maximum atomic E-state index is 14.8. The van der Waals surface area contributed by atoms with Gasteiger partial charge < -0.3 is 29.9 Å². The Bertz CT molecular complexity index is 803. The number of carbonyl (C=O) groups excluding carboxylic acids is 2. The van der Waals surface area contributed by atoms with E-state index in [1.807, 2.05) is 4.90 Å². The lowest BCUT2D eigenvalue weighted by atomic mass is 10.2. The molecule has 1 atom stereocenters. The lowest BCUT2D eigenvalue weighted by Gasteiger charge is -2.35. The first-order valence-corrected chi connectivity index (χ1v) is 10.2. The molecule has 1 aromatic rings. The molecule has 2 fully saturated rings. The molecule has 11 heteroatoms. The minimum atomic E-state index is -0.521. The van der Waals surface area contributed by atoms with Gasteiger partial charge in [0.2, 0.25) is 0 Å². The monoisotopic (exact) mass is 439 g/mol. The number of piperazine rings is 1. The number of ether oxygens (including phenoxy) is 2. The van der Waals surface area contributed by atoms with E-state index in [4.69, 9.17) is 21.7 Å². The molecule has 2 saturated heterocycles. The SMILES string of the molecule is CCOC(=O)N1CCN(c2ccc(N3C[C@H](CNC(=S)NC)OC3=O)cc2F)CC1. The Hall–Kier alpha value is -2.82. The predicted octanol–water partition coefficient (Wildman–Crippen LogP) is 1.52. The van der Waals surface area contributed by atoms with Gasteiger partial charge in [-0.1, -0.05) is 0 Å². The number of carbonyl (C=O) groups is 2. The molecule has 0 bridgehead atoms. The molecular formula is C19H26FN5O4S. The molecule has 0 aromatic heterocycles. The molecule has 0 radical (unpaired) electrons. The molecule has 2 heterocycles. The smallest absolute Gasteiger partial charge is 0.414 e. The highest BCUT2D eigenvalue weighted by atomic mass is 32.1. The van der Waals surface area contributed by atoms with Gasteiger partial charge in [0.15, 0.2) is 5.11 Å². The van der Waals surface area contributed by atoms with E-state index in [0.717, 1.165) is 0 Å². The van der Waals surface area contributed by atoms with E-state index in [9.17, 15) is 14.0 Å². The molecule has 30 heavy (non-hydrogen) atoms. The quantitative estimate of drug-likeness (QED) is 0.668. The van der Waals surface area contributed by atoms with E-state index in [1.54, 1.807) is 31.0 Å². The second-order valence-corrected chi connectivity index (χ2v) is 7.29. The fourth-order valence-electron chi connectivity index (χ4n) is 3.40. The summed E-state index contributed by atoms with van der Waals surface area (Å²) in [7, 11) is 1.70. The van der Waals surface area contributed by atoms with Crippen LogP contribution < -0.4 is 20.4 Å². The predicted molar refractivity (Wildman–Crippen MR) is 114 cm³/mol. The molecule has 164 valence electrons. The summed E-state index contributed by atoms with van der Waals surface area (Å²) in [5, 5.41) is 6.20. The zero-order chi connectivity index (χ0) is 21.7. The lowest BCUT2D eigenvalue weighted by molar-refractivity contribution is 0.105. The number of thiocarbonyl (C=S) groups is 1. The number of rotatable bonds is 5. The van der Waals surface area contributed by atoms with Crippen molar-refractivity contribution in [1.29, 1.82) is 0 Å². The van der Waals surface area contributed by atoms with Gasteiger partial charge in [-0.3, -0.25) is 4.90 Å². The molecule has 0 spiro atoms. The van der Waals surface area contributed by atoms with Gasteiger partial charge in [0.1, 0.15) is 11.9 Å². The van der Waals surface area contributed by atoms with Gasteiger partial charge in [-0.25, -0.2) is 14.0 Å². The van der Waals surface area contributed by atoms with Crippen molar-refractivity contribution in [2.75, 3.05) is 62.7 Å². The molecule has 0 saturated carbocycles. The number of nitrogens with zero attached hydrogens (tertiary/aromatic N) is 3. The Balaban J connectivity index is 1.60. The molecule has 3 rings (SSSR count). The first-order valence-electron chi connectivity index (χ1n) is 9.82. The van der Waals surface area contributed by atoms with Gasteiger partial charge in [0, 0.05) is 33.2 Å². The highest BCUT2D eigenvalue weighted by molar-refractivity contribution is 7.80. The van der Waals surface area contributed by atoms with E-state index in [2.05, 4.69) is 10.6 Å². The summed E-state index contributed by atoms with van der Waals surface area (Å²) in [6.45, 7) is 4.68. The van der Waals surface area contributed by atoms with Crippen LogP contribution in [0.5, 0.6) is 0 Å². The average molecular weight is 440 g/mol. The number of hydrogen-bond acceptors (Lipinski definition) is 6. The standard InChI is InChI=1S/C19H26FN5O4S/c1-3-28-18(26)24-8-6-23(7-9-24)16-5-4-13(10-15(16)20)25-12-14(29-19(25)27)11-22-17(30)21-2/h4-5,10,14H,3,6-9,11-12H2,1-2H3,(H2,21,22,30)/t14-/m0/s1. The molecular weight excluding hydrogens is 413 g/mol. The molecule has 0 aliphatic carbocycles.